The quantitative estimate of drug-likeness (QED) is 0.856. The zero-order valence-corrected chi connectivity index (χ0v) is 13.6. The van der Waals surface area contributed by atoms with E-state index in [2.05, 4.69) is 5.10 Å². The summed E-state index contributed by atoms with van der Waals surface area (Å²) in [5.74, 6) is 1.16. The molecule has 1 heterocycles. The highest BCUT2D eigenvalue weighted by atomic mass is 35.5. The fourth-order valence-electron chi connectivity index (χ4n) is 1.93. The maximum absolute atomic E-state index is 6.18. The standard InChI is InChI=1S/C14H16ClN3O2S/c1-8-10(13(15)18(2)17-8)7-20-11-5-4-9(14(16)21)6-12(11)19-3/h4-6H,7H2,1-3H3,(H2,16,21). The minimum Gasteiger partial charge on any atom is -0.493 e. The Labute approximate surface area is 133 Å². The van der Waals surface area contributed by atoms with Crippen molar-refractivity contribution >= 4 is 28.8 Å². The summed E-state index contributed by atoms with van der Waals surface area (Å²) < 4.78 is 12.7. The number of nitrogens with zero attached hydrogens (tertiary/aromatic N) is 2. The van der Waals surface area contributed by atoms with Crippen molar-refractivity contribution in [1.29, 1.82) is 0 Å². The van der Waals surface area contributed by atoms with Crippen molar-refractivity contribution in [3.63, 3.8) is 0 Å². The van der Waals surface area contributed by atoms with Crippen LogP contribution in [0.25, 0.3) is 0 Å². The summed E-state index contributed by atoms with van der Waals surface area (Å²) in [6, 6.07) is 5.31. The Bertz CT molecular complexity index is 685. The third-order valence-corrected chi connectivity index (χ3v) is 3.80. The Hall–Kier alpha value is -1.79. The first-order valence-corrected chi connectivity index (χ1v) is 7.01. The van der Waals surface area contributed by atoms with Crippen molar-refractivity contribution in [1.82, 2.24) is 9.78 Å². The third-order valence-electron chi connectivity index (χ3n) is 3.09. The van der Waals surface area contributed by atoms with Gasteiger partial charge in [0.2, 0.25) is 0 Å². The van der Waals surface area contributed by atoms with E-state index in [0.717, 1.165) is 16.8 Å². The average molecular weight is 326 g/mol. The number of halogens is 1. The molecule has 7 heteroatoms. The number of thiocarbonyl (C=S) groups is 1. The average Bonchev–Trinajstić information content (AvgIpc) is 2.70. The van der Waals surface area contributed by atoms with Crippen LogP contribution in [0.4, 0.5) is 0 Å². The van der Waals surface area contributed by atoms with E-state index in [1.165, 1.54) is 0 Å². The highest BCUT2D eigenvalue weighted by molar-refractivity contribution is 7.80. The summed E-state index contributed by atoms with van der Waals surface area (Å²) in [7, 11) is 3.35. The van der Waals surface area contributed by atoms with Crippen LogP contribution in [0.15, 0.2) is 18.2 Å². The number of hydrogen-bond donors (Lipinski definition) is 1. The largest absolute Gasteiger partial charge is 0.493 e. The van der Waals surface area contributed by atoms with Gasteiger partial charge >= 0.3 is 0 Å². The molecule has 0 spiro atoms. The first kappa shape index (κ1) is 15.6. The van der Waals surface area contributed by atoms with E-state index in [9.17, 15) is 0 Å². The molecular formula is C14H16ClN3O2S. The lowest BCUT2D eigenvalue weighted by Crippen LogP contribution is -2.09. The molecule has 0 amide bonds. The minimum atomic E-state index is 0.307. The van der Waals surface area contributed by atoms with Crippen LogP contribution in [0.1, 0.15) is 16.8 Å². The summed E-state index contributed by atoms with van der Waals surface area (Å²) in [5.41, 5.74) is 8.01. The molecule has 2 N–H and O–H groups in total. The molecular weight excluding hydrogens is 310 g/mol. The van der Waals surface area contributed by atoms with Crippen LogP contribution in [-0.2, 0) is 13.7 Å². The van der Waals surface area contributed by atoms with Gasteiger partial charge in [-0.05, 0) is 25.1 Å². The Morgan fingerprint density at radius 2 is 2.14 bits per heavy atom. The number of aromatic nitrogens is 2. The van der Waals surface area contributed by atoms with E-state index in [-0.39, 0.29) is 0 Å². The molecule has 0 bridgehead atoms. The van der Waals surface area contributed by atoms with Gasteiger partial charge in [-0.2, -0.15) is 5.10 Å². The van der Waals surface area contributed by atoms with Crippen molar-refractivity contribution in [3.8, 4) is 11.5 Å². The predicted molar refractivity (Wildman–Crippen MR) is 86.2 cm³/mol. The van der Waals surface area contributed by atoms with E-state index < -0.39 is 0 Å². The minimum absolute atomic E-state index is 0.307. The highest BCUT2D eigenvalue weighted by Gasteiger charge is 2.13. The van der Waals surface area contributed by atoms with E-state index in [1.807, 2.05) is 6.92 Å². The molecule has 2 aromatic rings. The maximum atomic E-state index is 6.18. The Morgan fingerprint density at radius 3 is 2.67 bits per heavy atom. The van der Waals surface area contributed by atoms with Gasteiger partial charge in [-0.15, -0.1) is 0 Å². The first-order chi connectivity index (χ1) is 9.93. The smallest absolute Gasteiger partial charge is 0.161 e. The van der Waals surface area contributed by atoms with E-state index in [1.54, 1.807) is 37.0 Å². The summed E-state index contributed by atoms with van der Waals surface area (Å²) in [4.78, 5) is 0.311. The first-order valence-electron chi connectivity index (χ1n) is 6.22. The fraction of sp³-hybridized carbons (Fsp3) is 0.286. The topological polar surface area (TPSA) is 62.3 Å². The summed E-state index contributed by atoms with van der Waals surface area (Å²) >= 11 is 11.1. The SMILES string of the molecule is COc1cc(C(N)=S)ccc1OCc1c(C)nn(C)c1Cl. The van der Waals surface area contributed by atoms with Crippen LogP contribution in [0.5, 0.6) is 11.5 Å². The van der Waals surface area contributed by atoms with Crippen LogP contribution in [0.3, 0.4) is 0 Å². The van der Waals surface area contributed by atoms with Gasteiger partial charge in [-0.1, -0.05) is 23.8 Å². The molecule has 1 aromatic carbocycles. The second-order valence-corrected chi connectivity index (χ2v) is 5.29. The lowest BCUT2D eigenvalue weighted by atomic mass is 10.2. The van der Waals surface area contributed by atoms with Crippen molar-refractivity contribution in [2.75, 3.05) is 7.11 Å². The molecule has 1 aromatic heterocycles. The maximum Gasteiger partial charge on any atom is 0.161 e. The number of nitrogens with two attached hydrogens (primary N) is 1. The molecule has 21 heavy (non-hydrogen) atoms. The van der Waals surface area contributed by atoms with Gasteiger partial charge in [-0.3, -0.25) is 4.68 Å². The Balaban J connectivity index is 2.22. The van der Waals surface area contributed by atoms with Crippen LogP contribution in [0, 0.1) is 6.92 Å². The molecule has 0 aliphatic heterocycles. The lowest BCUT2D eigenvalue weighted by Gasteiger charge is -2.12. The lowest BCUT2D eigenvalue weighted by molar-refractivity contribution is 0.284. The van der Waals surface area contributed by atoms with E-state index in [4.69, 9.17) is 39.0 Å². The van der Waals surface area contributed by atoms with Crippen LogP contribution in [0.2, 0.25) is 5.15 Å². The zero-order valence-electron chi connectivity index (χ0n) is 12.0. The monoisotopic (exact) mass is 325 g/mol. The van der Waals surface area contributed by atoms with Gasteiger partial charge in [0.05, 0.1) is 12.8 Å². The van der Waals surface area contributed by atoms with Gasteiger partial charge in [0.15, 0.2) is 11.5 Å². The molecule has 112 valence electrons. The molecule has 0 saturated heterocycles. The molecule has 0 radical (unpaired) electrons. The van der Waals surface area contributed by atoms with Crippen molar-refractivity contribution < 1.29 is 9.47 Å². The molecule has 0 aliphatic rings. The number of aryl methyl sites for hydroxylation is 2. The normalized spacial score (nSPS) is 10.5. The fourth-order valence-corrected chi connectivity index (χ4v) is 2.28. The Morgan fingerprint density at radius 1 is 1.43 bits per heavy atom. The number of rotatable bonds is 5. The van der Waals surface area contributed by atoms with Gasteiger partial charge in [0.25, 0.3) is 0 Å². The highest BCUT2D eigenvalue weighted by Crippen LogP contribution is 2.30. The zero-order chi connectivity index (χ0) is 15.6. The van der Waals surface area contributed by atoms with E-state index in [0.29, 0.717) is 28.2 Å². The second kappa shape index (κ2) is 6.32. The molecule has 0 fully saturated rings. The van der Waals surface area contributed by atoms with Crippen molar-refractivity contribution in [2.45, 2.75) is 13.5 Å². The van der Waals surface area contributed by atoms with Crippen molar-refractivity contribution in [3.05, 3.63) is 40.2 Å². The molecule has 0 aliphatic carbocycles. The van der Waals surface area contributed by atoms with Crippen LogP contribution >= 0.6 is 23.8 Å². The summed E-state index contributed by atoms with van der Waals surface area (Å²) in [6.45, 7) is 2.19. The van der Waals surface area contributed by atoms with Gasteiger partial charge < -0.3 is 15.2 Å². The van der Waals surface area contributed by atoms with Gasteiger partial charge in [0.1, 0.15) is 16.7 Å². The van der Waals surface area contributed by atoms with E-state index >= 15 is 0 Å². The van der Waals surface area contributed by atoms with Crippen molar-refractivity contribution in [2.24, 2.45) is 12.8 Å². The number of benzene rings is 1. The van der Waals surface area contributed by atoms with Crippen LogP contribution < -0.4 is 15.2 Å². The number of hydrogen-bond acceptors (Lipinski definition) is 4. The number of ether oxygens (including phenoxy) is 2. The summed E-state index contributed by atoms with van der Waals surface area (Å²) in [5, 5.41) is 4.80. The number of methoxy groups -OCH3 is 1. The summed E-state index contributed by atoms with van der Waals surface area (Å²) in [6.07, 6.45) is 0. The molecule has 0 unspecified atom stereocenters. The third kappa shape index (κ3) is 3.28. The van der Waals surface area contributed by atoms with Crippen LogP contribution in [-0.4, -0.2) is 21.9 Å². The predicted octanol–water partition coefficient (Wildman–Crippen LogP) is 2.60. The molecule has 2 rings (SSSR count). The second-order valence-electron chi connectivity index (χ2n) is 4.50. The van der Waals surface area contributed by atoms with Gasteiger partial charge in [0, 0.05) is 18.2 Å². The molecule has 5 nitrogen and oxygen atoms in total. The Kier molecular flexibility index (Phi) is 4.69. The van der Waals surface area contributed by atoms with Gasteiger partial charge in [-0.25, -0.2) is 0 Å². The molecule has 0 atom stereocenters. The molecule has 0 saturated carbocycles.